The number of benzene rings is 8. The number of nitrogens with zero attached hydrogens (tertiary/aromatic N) is 3. The van der Waals surface area contributed by atoms with Gasteiger partial charge >= 0.3 is 0 Å². The topological polar surface area (TPSA) is 30.7 Å². The SMILES string of the molecule is c1ccc(-c2nc(-c3ccccc3-n3c4ccccc4c4ccc5sc6ccccc6c5c43)c3c(n2)-c2ccccc2[Si]3(c2ccccc2)c2ccccc2)cc1. The molecule has 0 amide bonds. The van der Waals surface area contributed by atoms with Crippen molar-refractivity contribution >= 4 is 82.1 Å². The van der Waals surface area contributed by atoms with E-state index in [1.54, 1.807) is 0 Å². The van der Waals surface area contributed by atoms with Gasteiger partial charge in [0.25, 0.3) is 0 Å². The van der Waals surface area contributed by atoms with E-state index >= 15 is 0 Å². The second-order valence-corrected chi connectivity index (χ2v) is 19.6. The molecule has 0 radical (unpaired) electrons. The maximum Gasteiger partial charge on any atom is 0.185 e. The van der Waals surface area contributed by atoms with Crippen LogP contribution in [0.25, 0.3) is 81.6 Å². The molecule has 0 atom stereocenters. The zero-order valence-electron chi connectivity index (χ0n) is 30.8. The molecule has 57 heavy (non-hydrogen) atoms. The highest BCUT2D eigenvalue weighted by Crippen LogP contribution is 2.44. The maximum atomic E-state index is 5.76. The molecule has 0 aliphatic carbocycles. The van der Waals surface area contributed by atoms with Gasteiger partial charge in [0.2, 0.25) is 0 Å². The van der Waals surface area contributed by atoms with Crippen LogP contribution in [-0.4, -0.2) is 22.6 Å². The molecule has 1 aliphatic heterocycles. The van der Waals surface area contributed by atoms with Crippen LogP contribution in [0, 0.1) is 0 Å². The fourth-order valence-corrected chi connectivity index (χ4v) is 15.9. The second-order valence-electron chi connectivity index (χ2n) is 14.8. The van der Waals surface area contributed by atoms with Crippen LogP contribution in [0.5, 0.6) is 0 Å². The minimum atomic E-state index is -2.99. The molecule has 11 aromatic rings. The Morgan fingerprint density at radius 2 is 1.02 bits per heavy atom. The smallest absolute Gasteiger partial charge is 0.185 e. The Kier molecular flexibility index (Phi) is 7.12. The molecular weight excluding hydrogens is 727 g/mol. The molecule has 266 valence electrons. The van der Waals surface area contributed by atoms with Gasteiger partial charge in [-0.05, 0) is 39.8 Å². The summed E-state index contributed by atoms with van der Waals surface area (Å²) in [5.41, 5.74) is 8.79. The average molecular weight is 760 g/mol. The molecule has 0 saturated carbocycles. The molecule has 0 unspecified atom stereocenters. The van der Waals surface area contributed by atoms with E-state index in [0.717, 1.165) is 34.0 Å². The first-order chi connectivity index (χ1) is 28.3. The van der Waals surface area contributed by atoms with Crippen molar-refractivity contribution in [2.45, 2.75) is 0 Å². The van der Waals surface area contributed by atoms with Gasteiger partial charge in [-0.25, -0.2) is 9.97 Å². The van der Waals surface area contributed by atoms with Gasteiger partial charge in [-0.1, -0.05) is 176 Å². The number of hydrogen-bond acceptors (Lipinski definition) is 3. The number of aromatic nitrogens is 3. The standard InChI is InChI=1S/C52H33N3SSi/c1-4-18-34(19-5-1)52-53-48(51-49(54-52)41-27-13-17-31-46(41)57(51,35-20-6-2-7-21-35)36-22-8-3-9-23-36)39-25-11-15-29-43(39)55-42-28-14-10-24-37(42)38-32-33-45-47(50(38)55)40-26-12-16-30-44(40)56-45/h1-33H. The van der Waals surface area contributed by atoms with Crippen LogP contribution >= 0.6 is 11.3 Å². The summed E-state index contributed by atoms with van der Waals surface area (Å²) < 4.78 is 5.11. The molecule has 8 aromatic carbocycles. The van der Waals surface area contributed by atoms with Crippen LogP contribution in [0.15, 0.2) is 200 Å². The molecule has 0 N–H and O–H groups in total. The molecule has 12 rings (SSSR count). The fraction of sp³-hybridized carbons (Fsp3) is 0. The van der Waals surface area contributed by atoms with E-state index in [0.29, 0.717) is 0 Å². The largest absolute Gasteiger partial charge is 0.308 e. The van der Waals surface area contributed by atoms with Gasteiger partial charge < -0.3 is 4.57 Å². The molecule has 5 heteroatoms. The molecule has 4 heterocycles. The average Bonchev–Trinajstić information content (AvgIpc) is 3.93. The zero-order chi connectivity index (χ0) is 37.5. The Bertz CT molecular complexity index is 3310. The monoisotopic (exact) mass is 759 g/mol. The number of thiophene rings is 1. The van der Waals surface area contributed by atoms with E-state index in [1.807, 2.05) is 11.3 Å². The third kappa shape index (κ3) is 4.58. The van der Waals surface area contributed by atoms with Gasteiger partial charge in [0.1, 0.15) is 0 Å². The molecule has 0 bridgehead atoms. The van der Waals surface area contributed by atoms with Gasteiger partial charge in [0, 0.05) is 52.8 Å². The summed E-state index contributed by atoms with van der Waals surface area (Å²) in [6.07, 6.45) is 0. The molecule has 0 fully saturated rings. The molecule has 0 spiro atoms. The van der Waals surface area contributed by atoms with Gasteiger partial charge in [0.05, 0.1) is 28.1 Å². The van der Waals surface area contributed by atoms with Crippen LogP contribution < -0.4 is 20.7 Å². The number of para-hydroxylation sites is 2. The summed E-state index contributed by atoms with van der Waals surface area (Å²) in [4.78, 5) is 11.3. The summed E-state index contributed by atoms with van der Waals surface area (Å²) in [5, 5.41) is 10.3. The Morgan fingerprint density at radius 3 is 1.77 bits per heavy atom. The third-order valence-corrected chi connectivity index (χ3v) is 17.9. The van der Waals surface area contributed by atoms with Gasteiger partial charge in [-0.2, -0.15) is 0 Å². The highest BCUT2D eigenvalue weighted by molar-refractivity contribution is 7.26. The highest BCUT2D eigenvalue weighted by Gasteiger charge is 2.52. The van der Waals surface area contributed by atoms with Crippen molar-refractivity contribution in [3.05, 3.63) is 200 Å². The van der Waals surface area contributed by atoms with E-state index in [2.05, 4.69) is 205 Å². The summed E-state index contributed by atoms with van der Waals surface area (Å²) in [6, 6.07) is 73.1. The normalized spacial score (nSPS) is 13.1. The minimum Gasteiger partial charge on any atom is -0.308 e. The highest BCUT2D eigenvalue weighted by atomic mass is 32.1. The Morgan fingerprint density at radius 1 is 0.439 bits per heavy atom. The number of fused-ring (bicyclic) bond motifs is 10. The number of hydrogen-bond donors (Lipinski definition) is 0. The first kappa shape index (κ1) is 32.3. The second kappa shape index (κ2) is 12.5. The lowest BCUT2D eigenvalue weighted by molar-refractivity contribution is 1.16. The quantitative estimate of drug-likeness (QED) is 0.164. The van der Waals surface area contributed by atoms with Crippen molar-refractivity contribution in [3.8, 4) is 39.6 Å². The van der Waals surface area contributed by atoms with Gasteiger partial charge in [-0.15, -0.1) is 11.3 Å². The maximum absolute atomic E-state index is 5.76. The molecule has 0 saturated heterocycles. The van der Waals surface area contributed by atoms with Crippen LogP contribution in [-0.2, 0) is 0 Å². The predicted octanol–water partition coefficient (Wildman–Crippen LogP) is 10.6. The molecule has 3 nitrogen and oxygen atoms in total. The van der Waals surface area contributed by atoms with Crippen LogP contribution in [0.1, 0.15) is 0 Å². The first-order valence-corrected chi connectivity index (χ1v) is 22.2. The van der Waals surface area contributed by atoms with Crippen LogP contribution in [0.4, 0.5) is 0 Å². The number of rotatable bonds is 5. The minimum absolute atomic E-state index is 0.730. The van der Waals surface area contributed by atoms with Crippen molar-refractivity contribution in [3.63, 3.8) is 0 Å². The van der Waals surface area contributed by atoms with Crippen LogP contribution in [0.3, 0.4) is 0 Å². The van der Waals surface area contributed by atoms with Crippen molar-refractivity contribution in [1.82, 2.24) is 14.5 Å². The predicted molar refractivity (Wildman–Crippen MR) is 243 cm³/mol. The molecular formula is C52H33N3SSi. The zero-order valence-corrected chi connectivity index (χ0v) is 32.6. The van der Waals surface area contributed by atoms with Crippen molar-refractivity contribution < 1.29 is 0 Å². The Labute approximate surface area is 334 Å². The summed E-state index contributed by atoms with van der Waals surface area (Å²) in [5.74, 6) is 0.730. The lowest BCUT2D eigenvalue weighted by atomic mass is 10.0. The van der Waals surface area contributed by atoms with Crippen molar-refractivity contribution in [2.24, 2.45) is 0 Å². The Hall–Kier alpha value is -6.92. The molecule has 3 aromatic heterocycles. The van der Waals surface area contributed by atoms with Crippen molar-refractivity contribution in [1.29, 1.82) is 0 Å². The van der Waals surface area contributed by atoms with Crippen LogP contribution in [0.2, 0.25) is 0 Å². The molecule has 1 aliphatic rings. The summed E-state index contributed by atoms with van der Waals surface area (Å²) in [6.45, 7) is 0. The van der Waals surface area contributed by atoms with Gasteiger partial charge in [-0.3, -0.25) is 0 Å². The van der Waals surface area contributed by atoms with Crippen molar-refractivity contribution in [2.75, 3.05) is 0 Å². The van der Waals surface area contributed by atoms with Gasteiger partial charge in [0.15, 0.2) is 13.9 Å². The lowest BCUT2D eigenvalue weighted by Gasteiger charge is -2.32. The third-order valence-electron chi connectivity index (χ3n) is 11.9. The summed E-state index contributed by atoms with van der Waals surface area (Å²) >= 11 is 1.87. The summed E-state index contributed by atoms with van der Waals surface area (Å²) in [7, 11) is -2.99. The van der Waals surface area contributed by atoms with E-state index in [1.165, 1.54) is 68.3 Å². The van der Waals surface area contributed by atoms with E-state index < -0.39 is 8.07 Å². The first-order valence-electron chi connectivity index (χ1n) is 19.4. The van der Waals surface area contributed by atoms with E-state index in [-0.39, 0.29) is 0 Å². The fourth-order valence-electron chi connectivity index (χ4n) is 9.60. The Balaban J connectivity index is 1.27. The van der Waals surface area contributed by atoms with E-state index in [4.69, 9.17) is 9.97 Å². The lowest BCUT2D eigenvalue weighted by Crippen LogP contribution is -2.73. The van der Waals surface area contributed by atoms with E-state index in [9.17, 15) is 0 Å².